The summed E-state index contributed by atoms with van der Waals surface area (Å²) >= 11 is 0. The van der Waals surface area contributed by atoms with Crippen LogP contribution in [0, 0.1) is 18.4 Å². The molecule has 12 heteroatoms. The van der Waals surface area contributed by atoms with E-state index in [0.717, 1.165) is 25.7 Å². The second kappa shape index (κ2) is 10.5. The maximum Gasteiger partial charge on any atom is 0.325 e. The molecule has 0 saturated carbocycles. The monoisotopic (exact) mass is 462 g/mol. The summed E-state index contributed by atoms with van der Waals surface area (Å²) in [5, 5.41) is 12.4. The molecular weight excluding hydrogens is 435 g/mol. The molecule has 0 bridgehead atoms. The molecule has 1 amide bonds. The van der Waals surface area contributed by atoms with Gasteiger partial charge in [0, 0.05) is 12.8 Å². The van der Waals surface area contributed by atoms with Crippen LogP contribution in [0.2, 0.25) is 0 Å². The molecule has 11 nitrogen and oxygen atoms in total. The van der Waals surface area contributed by atoms with Crippen LogP contribution in [0.25, 0.3) is 11.2 Å². The van der Waals surface area contributed by atoms with Gasteiger partial charge in [-0.3, -0.25) is 14.2 Å². The summed E-state index contributed by atoms with van der Waals surface area (Å²) in [7, 11) is 0. The van der Waals surface area contributed by atoms with Crippen LogP contribution in [-0.4, -0.2) is 61.4 Å². The largest absolute Gasteiger partial charge is 0.457 e. The number of halogens is 1. The number of aromatic nitrogens is 4. The second-order valence-electron chi connectivity index (χ2n) is 7.77. The minimum absolute atomic E-state index is 0.0262. The number of carbonyl (C=O) groups is 2. The van der Waals surface area contributed by atoms with E-state index in [0.29, 0.717) is 6.42 Å². The lowest BCUT2D eigenvalue weighted by Crippen LogP contribution is -2.45. The van der Waals surface area contributed by atoms with Crippen LogP contribution in [0.4, 0.5) is 10.2 Å². The molecule has 0 aromatic carbocycles. The molecule has 3 heterocycles. The van der Waals surface area contributed by atoms with Gasteiger partial charge >= 0.3 is 12.0 Å². The molecule has 3 atom stereocenters. The first kappa shape index (κ1) is 24.3. The Hall–Kier alpha value is -3.30. The van der Waals surface area contributed by atoms with E-state index in [1.807, 2.05) is 0 Å². The van der Waals surface area contributed by atoms with Crippen molar-refractivity contribution in [1.29, 1.82) is 0 Å². The highest BCUT2D eigenvalue weighted by Gasteiger charge is 2.51. The zero-order chi connectivity index (χ0) is 24.0. The number of hydrogen-bond acceptors (Lipinski definition) is 9. The fourth-order valence-corrected chi connectivity index (χ4v) is 3.66. The van der Waals surface area contributed by atoms with Gasteiger partial charge in [-0.1, -0.05) is 32.1 Å². The second-order valence-corrected chi connectivity index (χ2v) is 7.77. The Morgan fingerprint density at radius 1 is 1.45 bits per heavy atom. The Kier molecular flexibility index (Phi) is 7.78. The number of nitrogens with zero attached hydrogens (tertiary/aromatic N) is 4. The number of terminal acetylenes is 1. The van der Waals surface area contributed by atoms with Crippen molar-refractivity contribution in [2.45, 2.75) is 63.4 Å². The molecule has 0 spiro atoms. The summed E-state index contributed by atoms with van der Waals surface area (Å²) in [6.45, 7) is 1.09. The number of fused-ring (bicyclic) bond motifs is 1. The first-order valence-corrected chi connectivity index (χ1v) is 10.7. The predicted octanol–water partition coefficient (Wildman–Crippen LogP) is 0.829. The van der Waals surface area contributed by atoms with Crippen LogP contribution in [0.1, 0.15) is 51.7 Å². The minimum Gasteiger partial charge on any atom is -0.457 e. The highest BCUT2D eigenvalue weighted by molar-refractivity contribution is 5.82. The quantitative estimate of drug-likeness (QED) is 0.201. The molecule has 4 N–H and O–H groups in total. The predicted molar refractivity (Wildman–Crippen MR) is 115 cm³/mol. The molecule has 0 radical (unpaired) electrons. The number of esters is 1. The number of hydrogen-bond donors (Lipinski definition) is 3. The standard InChI is InChI=1S/C21H27FN6O5/c1-3-5-6-7-8-14(30)24-10-16(31)32-13-9-15(33-21(13,4-2)11-29)28-12-25-17-18(23)26-20(22)27-19(17)28/h2,12-13,15,29H,3,5-11H2,1H3,(H,24,30)(H2,23,26,27)/t13-,15+,21+/m0/s1. The average molecular weight is 462 g/mol. The van der Waals surface area contributed by atoms with Crippen molar-refractivity contribution in [2.75, 3.05) is 18.9 Å². The molecule has 2 aromatic rings. The Balaban J connectivity index is 1.67. The summed E-state index contributed by atoms with van der Waals surface area (Å²) in [6.07, 6.45) is 8.10. The van der Waals surface area contributed by atoms with Crippen molar-refractivity contribution in [3.05, 3.63) is 12.4 Å². The molecule has 178 valence electrons. The number of rotatable bonds is 10. The van der Waals surface area contributed by atoms with E-state index in [9.17, 15) is 19.1 Å². The summed E-state index contributed by atoms with van der Waals surface area (Å²) in [5.74, 6) is 1.22. The lowest BCUT2D eigenvalue weighted by atomic mass is 9.98. The number of imidazole rings is 1. The van der Waals surface area contributed by atoms with E-state index in [4.69, 9.17) is 21.6 Å². The van der Waals surface area contributed by atoms with Crippen molar-refractivity contribution >= 4 is 28.9 Å². The number of amides is 1. The first-order valence-electron chi connectivity index (χ1n) is 10.7. The summed E-state index contributed by atoms with van der Waals surface area (Å²) < 4.78 is 26.3. The van der Waals surface area contributed by atoms with Crippen molar-refractivity contribution in [2.24, 2.45) is 0 Å². The summed E-state index contributed by atoms with van der Waals surface area (Å²) in [5.41, 5.74) is 4.28. The zero-order valence-corrected chi connectivity index (χ0v) is 18.3. The number of aliphatic hydroxyl groups is 1. The van der Waals surface area contributed by atoms with Gasteiger partial charge < -0.3 is 25.6 Å². The van der Waals surface area contributed by atoms with Crippen LogP contribution in [0.3, 0.4) is 0 Å². The van der Waals surface area contributed by atoms with Gasteiger partial charge in [-0.2, -0.15) is 14.4 Å². The Bertz CT molecular complexity index is 1050. The third kappa shape index (κ3) is 5.37. The third-order valence-corrected chi connectivity index (χ3v) is 5.45. The van der Waals surface area contributed by atoms with E-state index in [1.165, 1.54) is 10.9 Å². The molecule has 1 aliphatic heterocycles. The van der Waals surface area contributed by atoms with E-state index in [-0.39, 0.29) is 35.9 Å². The molecule has 33 heavy (non-hydrogen) atoms. The van der Waals surface area contributed by atoms with Gasteiger partial charge in [0.25, 0.3) is 0 Å². The van der Waals surface area contributed by atoms with Crippen molar-refractivity contribution in [3.63, 3.8) is 0 Å². The highest BCUT2D eigenvalue weighted by Crippen LogP contribution is 2.39. The number of nitrogens with two attached hydrogens (primary N) is 1. The van der Waals surface area contributed by atoms with Crippen molar-refractivity contribution in [1.82, 2.24) is 24.8 Å². The molecule has 0 unspecified atom stereocenters. The average Bonchev–Trinajstić information content (AvgIpc) is 3.37. The molecule has 0 aliphatic carbocycles. The van der Waals surface area contributed by atoms with Gasteiger partial charge in [0.05, 0.1) is 12.9 Å². The van der Waals surface area contributed by atoms with Crippen molar-refractivity contribution in [3.8, 4) is 12.3 Å². The van der Waals surface area contributed by atoms with Gasteiger partial charge in [0.1, 0.15) is 18.9 Å². The Morgan fingerprint density at radius 2 is 2.24 bits per heavy atom. The van der Waals surface area contributed by atoms with Gasteiger partial charge in [0.15, 0.2) is 22.6 Å². The summed E-state index contributed by atoms with van der Waals surface area (Å²) in [6, 6.07) is 0. The topological polar surface area (TPSA) is 154 Å². The molecule has 1 aliphatic rings. The number of nitrogen functional groups attached to an aromatic ring is 1. The van der Waals surface area contributed by atoms with E-state index >= 15 is 0 Å². The van der Waals surface area contributed by atoms with E-state index < -0.39 is 36.6 Å². The highest BCUT2D eigenvalue weighted by atomic mass is 19.1. The fraction of sp³-hybridized carbons (Fsp3) is 0.571. The SMILES string of the molecule is C#C[C@]1(CO)O[C@@H](n2cnc3c(N)nc(F)nc32)C[C@@H]1OC(=O)CNC(=O)CCCCCC. The van der Waals surface area contributed by atoms with Gasteiger partial charge in [-0.25, -0.2) is 4.98 Å². The number of aliphatic hydroxyl groups excluding tert-OH is 1. The number of carbonyl (C=O) groups excluding carboxylic acids is 2. The summed E-state index contributed by atoms with van der Waals surface area (Å²) in [4.78, 5) is 35.4. The third-order valence-electron chi connectivity index (χ3n) is 5.45. The zero-order valence-electron chi connectivity index (χ0n) is 18.3. The number of unbranched alkanes of at least 4 members (excludes halogenated alkanes) is 3. The number of anilines is 1. The molecule has 1 saturated heterocycles. The van der Waals surface area contributed by atoms with E-state index in [2.05, 4.69) is 33.1 Å². The van der Waals surface area contributed by atoms with Gasteiger partial charge in [-0.15, -0.1) is 6.42 Å². The van der Waals surface area contributed by atoms with Crippen molar-refractivity contribution < 1.29 is 28.6 Å². The maximum absolute atomic E-state index is 13.7. The van der Waals surface area contributed by atoms with Crippen LogP contribution < -0.4 is 11.1 Å². The van der Waals surface area contributed by atoms with Gasteiger partial charge in [-0.05, 0) is 6.42 Å². The normalized spacial score (nSPS) is 22.2. The number of nitrogens with one attached hydrogen (secondary N) is 1. The minimum atomic E-state index is -1.64. The van der Waals surface area contributed by atoms with Crippen LogP contribution in [-0.2, 0) is 19.1 Å². The molecule has 1 fully saturated rings. The van der Waals surface area contributed by atoms with Crippen LogP contribution in [0.15, 0.2) is 6.33 Å². The van der Waals surface area contributed by atoms with Crippen LogP contribution in [0.5, 0.6) is 0 Å². The molecular formula is C21H27FN6O5. The van der Waals surface area contributed by atoms with Crippen LogP contribution >= 0.6 is 0 Å². The Labute approximate surface area is 189 Å². The number of ether oxygens (including phenoxy) is 2. The molecule has 3 rings (SSSR count). The maximum atomic E-state index is 13.7. The fourth-order valence-electron chi connectivity index (χ4n) is 3.66. The van der Waals surface area contributed by atoms with Gasteiger partial charge in [0.2, 0.25) is 5.91 Å². The first-order chi connectivity index (χ1) is 15.8. The van der Waals surface area contributed by atoms with E-state index in [1.54, 1.807) is 0 Å². The Morgan fingerprint density at radius 3 is 2.94 bits per heavy atom. The lowest BCUT2D eigenvalue weighted by Gasteiger charge is -2.26. The molecule has 2 aromatic heterocycles. The lowest BCUT2D eigenvalue weighted by molar-refractivity contribution is -0.158. The smallest absolute Gasteiger partial charge is 0.325 e.